The van der Waals surface area contributed by atoms with Crippen LogP contribution in [-0.4, -0.2) is 64.5 Å². The third-order valence-corrected chi connectivity index (χ3v) is 5.61. The topological polar surface area (TPSA) is 105 Å². The van der Waals surface area contributed by atoms with Crippen LogP contribution in [0.5, 0.6) is 11.5 Å². The summed E-state index contributed by atoms with van der Waals surface area (Å²) in [5.74, 6) is 3.76. The van der Waals surface area contributed by atoms with Gasteiger partial charge in [0.2, 0.25) is 5.95 Å². The number of benzene rings is 1. The van der Waals surface area contributed by atoms with Gasteiger partial charge < -0.3 is 18.9 Å². The monoisotopic (exact) mass is 478 g/mol. The number of hydrogen-bond donors (Lipinski definition) is 1. The Morgan fingerprint density at radius 1 is 1.16 bits per heavy atom. The van der Waals surface area contributed by atoms with Crippen molar-refractivity contribution in [3.8, 4) is 17.2 Å². The number of ether oxygens (including phenoxy) is 4. The van der Waals surface area contributed by atoms with Crippen molar-refractivity contribution in [2.24, 2.45) is 0 Å². The van der Waals surface area contributed by atoms with Crippen molar-refractivity contribution in [3.05, 3.63) is 47.3 Å². The van der Waals surface area contributed by atoms with E-state index in [-0.39, 0.29) is 6.10 Å². The van der Waals surface area contributed by atoms with Crippen molar-refractivity contribution in [2.75, 3.05) is 44.5 Å². The molecule has 12 heteroatoms. The Morgan fingerprint density at radius 3 is 2.56 bits per heavy atom. The Labute approximate surface area is 194 Å². The molecule has 32 heavy (non-hydrogen) atoms. The molecule has 0 amide bonds. The van der Waals surface area contributed by atoms with E-state index in [0.717, 1.165) is 0 Å². The van der Waals surface area contributed by atoms with Gasteiger partial charge in [0, 0.05) is 24.6 Å². The molecule has 1 atom stereocenters. The predicted octanol–water partition coefficient (Wildman–Crippen LogP) is 3.12. The van der Waals surface area contributed by atoms with E-state index in [1.165, 1.54) is 11.9 Å². The number of anilines is 1. The molecule has 10 nitrogen and oxygen atoms in total. The van der Waals surface area contributed by atoms with Crippen molar-refractivity contribution < 1.29 is 18.9 Å². The minimum absolute atomic E-state index is 0.367. The van der Waals surface area contributed by atoms with Gasteiger partial charge in [0.15, 0.2) is 5.82 Å². The van der Waals surface area contributed by atoms with Gasteiger partial charge in [-0.25, -0.2) is 9.97 Å². The van der Waals surface area contributed by atoms with Crippen LogP contribution >= 0.6 is 23.5 Å². The molecule has 3 heterocycles. The molecule has 1 aliphatic heterocycles. The van der Waals surface area contributed by atoms with Crippen molar-refractivity contribution in [1.82, 2.24) is 24.7 Å². The van der Waals surface area contributed by atoms with E-state index in [9.17, 15) is 0 Å². The Balaban J connectivity index is 1.60. The molecule has 2 aromatic heterocycles. The highest BCUT2D eigenvalue weighted by molar-refractivity contribution is 8.00. The zero-order chi connectivity index (χ0) is 22.3. The zero-order valence-corrected chi connectivity index (χ0v) is 19.2. The van der Waals surface area contributed by atoms with Gasteiger partial charge in [-0.15, -0.1) is 10.2 Å². The molecule has 170 valence electrons. The molecule has 1 fully saturated rings. The maximum atomic E-state index is 5.89. The highest BCUT2D eigenvalue weighted by Crippen LogP contribution is 2.37. The molecule has 1 N–H and O–H groups in total. The van der Waals surface area contributed by atoms with Gasteiger partial charge in [0.05, 0.1) is 39.1 Å². The largest absolute Gasteiger partial charge is 0.494 e. The SMILES string of the molecule is COc1cccc(OC)c1-n1c(NSCCc2ncc(Cl)cn2)nnc1C1COCCO1. The average molecular weight is 479 g/mol. The van der Waals surface area contributed by atoms with E-state index in [4.69, 9.17) is 30.5 Å². The first-order chi connectivity index (χ1) is 15.7. The van der Waals surface area contributed by atoms with Crippen LogP contribution in [0.4, 0.5) is 5.95 Å². The first-order valence-corrected chi connectivity index (χ1v) is 11.3. The molecule has 1 unspecified atom stereocenters. The number of nitrogens with one attached hydrogen (secondary N) is 1. The summed E-state index contributed by atoms with van der Waals surface area (Å²) in [6.45, 7) is 1.42. The molecule has 0 spiro atoms. The van der Waals surface area contributed by atoms with E-state index in [1.807, 2.05) is 22.8 Å². The van der Waals surface area contributed by atoms with Crippen molar-refractivity contribution >= 4 is 29.5 Å². The quantitative estimate of drug-likeness (QED) is 0.364. The second kappa shape index (κ2) is 10.8. The maximum Gasteiger partial charge on any atom is 0.239 e. The third-order valence-electron chi connectivity index (χ3n) is 4.68. The molecule has 0 bridgehead atoms. The third kappa shape index (κ3) is 5.07. The molecular weight excluding hydrogens is 456 g/mol. The summed E-state index contributed by atoms with van der Waals surface area (Å²) in [4.78, 5) is 8.44. The van der Waals surface area contributed by atoms with Crippen molar-refractivity contribution in [2.45, 2.75) is 12.5 Å². The number of aryl methyl sites for hydroxylation is 1. The van der Waals surface area contributed by atoms with E-state index in [1.54, 1.807) is 26.6 Å². The summed E-state index contributed by atoms with van der Waals surface area (Å²) >= 11 is 7.31. The highest BCUT2D eigenvalue weighted by Gasteiger charge is 2.28. The summed E-state index contributed by atoms with van der Waals surface area (Å²) in [5.41, 5.74) is 0.677. The Hall–Kier alpha value is -2.60. The second-order valence-electron chi connectivity index (χ2n) is 6.68. The van der Waals surface area contributed by atoms with Gasteiger partial charge >= 0.3 is 0 Å². The van der Waals surface area contributed by atoms with Gasteiger partial charge in [0.25, 0.3) is 0 Å². The molecule has 0 saturated carbocycles. The molecule has 3 aromatic rings. The lowest BCUT2D eigenvalue weighted by Crippen LogP contribution is -2.25. The second-order valence-corrected chi connectivity index (χ2v) is 8.02. The van der Waals surface area contributed by atoms with Crippen LogP contribution in [0.2, 0.25) is 5.02 Å². The number of halogens is 1. The number of methoxy groups -OCH3 is 2. The number of nitrogens with zero attached hydrogens (tertiary/aromatic N) is 5. The summed E-state index contributed by atoms with van der Waals surface area (Å²) in [6, 6.07) is 5.57. The fourth-order valence-corrected chi connectivity index (χ4v) is 3.95. The smallest absolute Gasteiger partial charge is 0.239 e. The lowest BCUT2D eigenvalue weighted by Gasteiger charge is -2.24. The maximum absolute atomic E-state index is 5.89. The van der Waals surface area contributed by atoms with Crippen LogP contribution in [0.25, 0.3) is 5.69 Å². The molecular formula is C20H23ClN6O4S. The average Bonchev–Trinajstić information content (AvgIpc) is 3.26. The lowest BCUT2D eigenvalue weighted by molar-refractivity contribution is -0.0941. The molecule has 0 aliphatic carbocycles. The van der Waals surface area contributed by atoms with E-state index in [0.29, 0.717) is 71.8 Å². The molecule has 0 radical (unpaired) electrons. The lowest BCUT2D eigenvalue weighted by atomic mass is 10.2. The van der Waals surface area contributed by atoms with Crippen molar-refractivity contribution in [3.63, 3.8) is 0 Å². The number of aromatic nitrogens is 5. The molecule has 1 saturated heterocycles. The highest BCUT2D eigenvalue weighted by atomic mass is 35.5. The van der Waals surface area contributed by atoms with Crippen LogP contribution in [0.15, 0.2) is 30.6 Å². The standard InChI is InChI=1S/C20H23ClN6O4S/c1-28-14-4-3-5-15(29-2)18(14)27-19(16-12-30-7-8-31-16)24-25-20(27)26-32-9-6-17-22-10-13(21)11-23-17/h3-5,10-11,16H,6-9,12H2,1-2H3,(H,25,26). The van der Waals surface area contributed by atoms with Gasteiger partial charge in [-0.1, -0.05) is 17.7 Å². The van der Waals surface area contributed by atoms with Gasteiger partial charge in [0.1, 0.15) is 29.1 Å². The molecule has 1 aromatic carbocycles. The van der Waals surface area contributed by atoms with E-state index < -0.39 is 0 Å². The Kier molecular flexibility index (Phi) is 7.63. The Morgan fingerprint density at radius 2 is 1.91 bits per heavy atom. The summed E-state index contributed by atoms with van der Waals surface area (Å²) in [7, 11) is 3.22. The molecule has 4 rings (SSSR count). The fraction of sp³-hybridized carbons (Fsp3) is 0.400. The fourth-order valence-electron chi connectivity index (χ4n) is 3.21. The minimum Gasteiger partial charge on any atom is -0.494 e. The van der Waals surface area contributed by atoms with Crippen LogP contribution < -0.4 is 14.2 Å². The Bertz CT molecular complexity index is 1010. The summed E-state index contributed by atoms with van der Waals surface area (Å²) < 4.78 is 27.8. The van der Waals surface area contributed by atoms with Crippen LogP contribution in [0.3, 0.4) is 0 Å². The first-order valence-electron chi connectivity index (χ1n) is 9.91. The summed E-state index contributed by atoms with van der Waals surface area (Å²) in [5, 5.41) is 9.27. The predicted molar refractivity (Wildman–Crippen MR) is 121 cm³/mol. The summed E-state index contributed by atoms with van der Waals surface area (Å²) in [6.07, 6.45) is 3.47. The van der Waals surface area contributed by atoms with Gasteiger partial charge in [-0.2, -0.15) is 0 Å². The first kappa shape index (κ1) is 22.6. The van der Waals surface area contributed by atoms with Crippen LogP contribution in [-0.2, 0) is 15.9 Å². The minimum atomic E-state index is -0.367. The normalized spacial score (nSPS) is 16.0. The number of rotatable bonds is 9. The molecule has 1 aliphatic rings. The van der Waals surface area contributed by atoms with E-state index in [2.05, 4.69) is 24.9 Å². The number of hydrogen-bond acceptors (Lipinski definition) is 10. The van der Waals surface area contributed by atoms with Crippen molar-refractivity contribution in [1.29, 1.82) is 0 Å². The van der Waals surface area contributed by atoms with Crippen LogP contribution in [0, 0.1) is 0 Å². The van der Waals surface area contributed by atoms with E-state index >= 15 is 0 Å². The zero-order valence-electron chi connectivity index (χ0n) is 17.7. The number of para-hydroxylation sites is 1. The van der Waals surface area contributed by atoms with Crippen LogP contribution in [0.1, 0.15) is 17.8 Å². The van der Waals surface area contributed by atoms with Gasteiger partial charge in [-0.05, 0) is 24.1 Å². The van der Waals surface area contributed by atoms with Gasteiger partial charge in [-0.3, -0.25) is 9.29 Å².